The predicted molar refractivity (Wildman–Crippen MR) is 99.1 cm³/mol. The van der Waals surface area contributed by atoms with Crippen molar-refractivity contribution in [2.75, 3.05) is 44.7 Å². The Morgan fingerprint density at radius 2 is 2.04 bits per heavy atom. The summed E-state index contributed by atoms with van der Waals surface area (Å²) in [6.07, 6.45) is 5.19. The van der Waals surface area contributed by atoms with Gasteiger partial charge >= 0.3 is 5.97 Å². The van der Waals surface area contributed by atoms with Crippen LogP contribution in [0.2, 0.25) is 0 Å². The van der Waals surface area contributed by atoms with E-state index in [9.17, 15) is 4.79 Å². The van der Waals surface area contributed by atoms with Crippen LogP contribution in [0, 0.1) is 0 Å². The second kappa shape index (κ2) is 10.1. The number of aromatic nitrogens is 1. The Morgan fingerprint density at radius 3 is 2.71 bits per heavy atom. The summed E-state index contributed by atoms with van der Waals surface area (Å²) in [6.45, 7) is 4.52. The molecular weight excluding hydrogens is 324 g/mol. The Kier molecular flexibility index (Phi) is 7.74. The largest absolute Gasteiger partial charge is 0.469 e. The average Bonchev–Trinajstić information content (AvgIpc) is 2.65. The van der Waals surface area contributed by atoms with Gasteiger partial charge in [-0.1, -0.05) is 12.5 Å². The van der Waals surface area contributed by atoms with Crippen LogP contribution in [0.3, 0.4) is 0 Å². The van der Waals surface area contributed by atoms with E-state index in [1.54, 1.807) is 0 Å². The minimum absolute atomic E-state index is 0.135. The van der Waals surface area contributed by atoms with Gasteiger partial charge in [0.25, 0.3) is 0 Å². The Hall–Kier alpha value is -1.89. The number of anilines is 1. The number of hydrogen-bond acceptors (Lipinski definition) is 5. The number of rotatable bonds is 7. The van der Waals surface area contributed by atoms with Crippen molar-refractivity contribution in [3.05, 3.63) is 24.4 Å². The summed E-state index contributed by atoms with van der Waals surface area (Å²) in [7, 11) is 1.43. The molecule has 0 atom stereocenters. The van der Waals surface area contributed by atoms with E-state index in [4.69, 9.17) is 12.2 Å². The fourth-order valence-electron chi connectivity index (χ4n) is 2.66. The number of nitrogens with one attached hydrogen (secondary N) is 1. The molecule has 0 amide bonds. The fourth-order valence-corrected chi connectivity index (χ4v) is 2.94. The van der Waals surface area contributed by atoms with Crippen LogP contribution < -0.4 is 10.2 Å². The Morgan fingerprint density at radius 1 is 1.25 bits per heavy atom. The zero-order valence-electron chi connectivity index (χ0n) is 14.2. The van der Waals surface area contributed by atoms with Crippen LogP contribution in [-0.2, 0) is 9.53 Å². The van der Waals surface area contributed by atoms with E-state index < -0.39 is 0 Å². The topological polar surface area (TPSA) is 57.7 Å². The lowest BCUT2D eigenvalue weighted by atomic mass is 10.2. The second-order valence-corrected chi connectivity index (χ2v) is 6.17. The van der Waals surface area contributed by atoms with E-state index in [2.05, 4.69) is 24.8 Å². The van der Waals surface area contributed by atoms with Crippen LogP contribution in [0.5, 0.6) is 0 Å². The molecule has 132 valence electrons. The minimum atomic E-state index is -0.135. The molecule has 0 saturated carbocycles. The lowest BCUT2D eigenvalue weighted by Crippen LogP contribution is -2.52. The lowest BCUT2D eigenvalue weighted by molar-refractivity contribution is -0.140. The molecule has 24 heavy (non-hydrogen) atoms. The molecule has 0 unspecified atom stereocenters. The number of unbranched alkanes of at least 4 members (excludes halogenated alkanes) is 2. The summed E-state index contributed by atoms with van der Waals surface area (Å²) >= 11 is 5.47. The standard InChI is InChI=1S/C17H26N4O2S/c1-23-16(22)8-3-2-5-10-19-17(24)21-13-11-20(12-14-21)15-7-4-6-9-18-15/h4,6-7,9H,2-3,5,8,10-14H2,1H3,(H,19,24). The van der Waals surface area contributed by atoms with Gasteiger partial charge in [-0.15, -0.1) is 0 Å². The normalized spacial score (nSPS) is 14.4. The molecule has 1 fully saturated rings. The number of piperazine rings is 1. The van der Waals surface area contributed by atoms with E-state index in [1.807, 2.05) is 24.4 Å². The first-order valence-corrected chi connectivity index (χ1v) is 8.87. The first kappa shape index (κ1) is 18.4. The summed E-state index contributed by atoms with van der Waals surface area (Å²) in [5.74, 6) is 0.894. The lowest BCUT2D eigenvalue weighted by Gasteiger charge is -2.36. The Bertz CT molecular complexity index is 519. The molecule has 2 heterocycles. The van der Waals surface area contributed by atoms with Crippen molar-refractivity contribution >= 4 is 29.1 Å². The SMILES string of the molecule is COC(=O)CCCCCNC(=S)N1CCN(c2ccccn2)CC1. The highest BCUT2D eigenvalue weighted by atomic mass is 32.1. The third-order valence-corrected chi connectivity index (χ3v) is 4.50. The number of nitrogens with zero attached hydrogens (tertiary/aromatic N) is 3. The quantitative estimate of drug-likeness (QED) is 0.457. The van der Waals surface area contributed by atoms with Crippen LogP contribution >= 0.6 is 12.2 Å². The van der Waals surface area contributed by atoms with Crippen molar-refractivity contribution in [2.45, 2.75) is 25.7 Å². The molecule has 1 aliphatic heterocycles. The van der Waals surface area contributed by atoms with Gasteiger partial charge in [-0.3, -0.25) is 4.79 Å². The van der Waals surface area contributed by atoms with E-state index in [1.165, 1.54) is 7.11 Å². The Labute approximate surface area is 149 Å². The molecular formula is C17H26N4O2S. The van der Waals surface area contributed by atoms with E-state index in [-0.39, 0.29) is 5.97 Å². The average molecular weight is 350 g/mol. The monoisotopic (exact) mass is 350 g/mol. The third-order valence-electron chi connectivity index (χ3n) is 4.10. The van der Waals surface area contributed by atoms with Gasteiger partial charge in [0.2, 0.25) is 0 Å². The molecule has 1 aromatic heterocycles. The van der Waals surface area contributed by atoms with Crippen LogP contribution in [0.4, 0.5) is 5.82 Å². The Balaban J connectivity index is 1.58. The van der Waals surface area contributed by atoms with Crippen molar-refractivity contribution in [2.24, 2.45) is 0 Å². The second-order valence-electron chi connectivity index (χ2n) is 5.78. The number of ether oxygens (including phenoxy) is 1. The molecule has 1 N–H and O–H groups in total. The van der Waals surface area contributed by atoms with Crippen molar-refractivity contribution in [1.82, 2.24) is 15.2 Å². The third kappa shape index (κ3) is 5.96. The van der Waals surface area contributed by atoms with Gasteiger partial charge in [-0.2, -0.15) is 0 Å². The summed E-state index contributed by atoms with van der Waals surface area (Å²) in [5.41, 5.74) is 0. The number of esters is 1. The molecule has 2 rings (SSSR count). The maximum atomic E-state index is 11.0. The van der Waals surface area contributed by atoms with Crippen molar-refractivity contribution in [3.63, 3.8) is 0 Å². The summed E-state index contributed by atoms with van der Waals surface area (Å²) < 4.78 is 4.62. The smallest absolute Gasteiger partial charge is 0.305 e. The molecule has 0 spiro atoms. The van der Waals surface area contributed by atoms with Crippen LogP contribution in [0.15, 0.2) is 24.4 Å². The highest BCUT2D eigenvalue weighted by molar-refractivity contribution is 7.80. The van der Waals surface area contributed by atoms with Crippen LogP contribution in [-0.4, -0.2) is 60.8 Å². The summed E-state index contributed by atoms with van der Waals surface area (Å²) in [6, 6.07) is 5.99. The van der Waals surface area contributed by atoms with E-state index >= 15 is 0 Å². The van der Waals surface area contributed by atoms with Crippen LogP contribution in [0.1, 0.15) is 25.7 Å². The first-order valence-electron chi connectivity index (χ1n) is 8.46. The molecule has 1 aromatic rings. The fraction of sp³-hybridized carbons (Fsp3) is 0.588. The van der Waals surface area contributed by atoms with Crippen molar-refractivity contribution in [1.29, 1.82) is 0 Å². The zero-order valence-corrected chi connectivity index (χ0v) is 15.1. The number of hydrogen-bond donors (Lipinski definition) is 1. The zero-order chi connectivity index (χ0) is 17.2. The van der Waals surface area contributed by atoms with E-state index in [0.29, 0.717) is 6.42 Å². The van der Waals surface area contributed by atoms with Gasteiger partial charge < -0.3 is 19.9 Å². The highest BCUT2D eigenvalue weighted by Crippen LogP contribution is 2.12. The molecule has 1 saturated heterocycles. The van der Waals surface area contributed by atoms with Gasteiger partial charge in [0, 0.05) is 45.3 Å². The predicted octanol–water partition coefficient (Wildman–Crippen LogP) is 1.81. The summed E-state index contributed by atoms with van der Waals surface area (Å²) in [5, 5.41) is 4.14. The molecule has 1 aliphatic rings. The van der Waals surface area contributed by atoms with Gasteiger partial charge in [-0.05, 0) is 37.2 Å². The maximum Gasteiger partial charge on any atom is 0.305 e. The van der Waals surface area contributed by atoms with Gasteiger partial charge in [-0.25, -0.2) is 4.98 Å². The van der Waals surface area contributed by atoms with Crippen molar-refractivity contribution in [3.8, 4) is 0 Å². The maximum absolute atomic E-state index is 11.0. The highest BCUT2D eigenvalue weighted by Gasteiger charge is 2.19. The molecule has 7 heteroatoms. The molecule has 0 bridgehead atoms. The minimum Gasteiger partial charge on any atom is -0.469 e. The number of pyridine rings is 1. The molecule has 0 aliphatic carbocycles. The molecule has 0 aromatic carbocycles. The number of carbonyl (C=O) groups excluding carboxylic acids is 1. The first-order chi connectivity index (χ1) is 11.7. The molecule has 6 nitrogen and oxygen atoms in total. The van der Waals surface area contributed by atoms with Crippen molar-refractivity contribution < 1.29 is 9.53 Å². The molecule has 0 radical (unpaired) electrons. The van der Waals surface area contributed by atoms with Crippen LogP contribution in [0.25, 0.3) is 0 Å². The van der Waals surface area contributed by atoms with E-state index in [0.717, 1.165) is 62.9 Å². The van der Waals surface area contributed by atoms with Gasteiger partial charge in [0.15, 0.2) is 5.11 Å². The van der Waals surface area contributed by atoms with Gasteiger partial charge in [0.05, 0.1) is 7.11 Å². The number of thiocarbonyl (C=S) groups is 1. The number of carbonyl (C=O) groups is 1. The van der Waals surface area contributed by atoms with Gasteiger partial charge in [0.1, 0.15) is 5.82 Å². The number of methoxy groups -OCH3 is 1. The summed E-state index contributed by atoms with van der Waals surface area (Å²) in [4.78, 5) is 19.9.